The van der Waals surface area contributed by atoms with E-state index >= 15 is 0 Å². The van der Waals surface area contributed by atoms with Crippen LogP contribution in [-0.2, 0) is 14.3 Å². The second-order valence-corrected chi connectivity index (χ2v) is 4.21. The van der Waals surface area contributed by atoms with Crippen LogP contribution in [0.4, 0.5) is 4.79 Å². The van der Waals surface area contributed by atoms with E-state index in [4.69, 9.17) is 9.84 Å². The van der Waals surface area contributed by atoms with Crippen LogP contribution in [0.15, 0.2) is 12.2 Å². The highest BCUT2D eigenvalue weighted by atomic mass is 16.5. The van der Waals surface area contributed by atoms with Gasteiger partial charge in [0.15, 0.2) is 0 Å². The van der Waals surface area contributed by atoms with Crippen molar-refractivity contribution in [3.05, 3.63) is 12.2 Å². The van der Waals surface area contributed by atoms with Crippen LogP contribution >= 0.6 is 0 Å². The maximum atomic E-state index is 11.2. The van der Waals surface area contributed by atoms with Crippen molar-refractivity contribution < 1.29 is 24.2 Å². The summed E-state index contributed by atoms with van der Waals surface area (Å²) in [6.07, 6.45) is 2.36. The van der Waals surface area contributed by atoms with Gasteiger partial charge in [-0.1, -0.05) is 13.8 Å². The Kier molecular flexibility index (Phi) is 9.07. The van der Waals surface area contributed by atoms with Crippen molar-refractivity contribution in [2.75, 3.05) is 19.8 Å². The van der Waals surface area contributed by atoms with E-state index in [2.05, 4.69) is 19.2 Å². The Morgan fingerprint density at radius 3 is 2.47 bits per heavy atom. The number of ether oxygens (including phenoxy) is 1. The average Bonchev–Trinajstić information content (AvgIpc) is 2.30. The fourth-order valence-corrected chi connectivity index (χ4v) is 1.00. The van der Waals surface area contributed by atoms with E-state index in [1.807, 2.05) is 5.32 Å². The molecule has 0 radical (unpaired) electrons. The summed E-state index contributed by atoms with van der Waals surface area (Å²) in [7, 11) is 0. The number of carbonyl (C=O) groups excluding carboxylic acids is 2. The molecule has 0 bridgehead atoms. The van der Waals surface area contributed by atoms with Crippen molar-refractivity contribution in [3.63, 3.8) is 0 Å². The minimum absolute atomic E-state index is 0.278. The Hall–Kier alpha value is -1.89. The lowest BCUT2D eigenvalue weighted by Gasteiger charge is -2.07. The summed E-state index contributed by atoms with van der Waals surface area (Å²) in [4.78, 5) is 32.3. The molecule has 0 aliphatic heterocycles. The van der Waals surface area contributed by atoms with E-state index in [-0.39, 0.29) is 6.54 Å². The third-order valence-corrected chi connectivity index (χ3v) is 1.99. The van der Waals surface area contributed by atoms with Gasteiger partial charge in [0, 0.05) is 25.3 Å². The topological polar surface area (TPSA) is 105 Å². The van der Waals surface area contributed by atoms with Gasteiger partial charge in [-0.3, -0.25) is 10.1 Å². The quantitative estimate of drug-likeness (QED) is 0.441. The van der Waals surface area contributed by atoms with Gasteiger partial charge in [0.2, 0.25) is 0 Å². The number of amides is 3. The van der Waals surface area contributed by atoms with E-state index < -0.39 is 17.9 Å². The first-order chi connectivity index (χ1) is 8.91. The highest BCUT2D eigenvalue weighted by molar-refractivity contribution is 6.02. The molecule has 0 heterocycles. The van der Waals surface area contributed by atoms with Gasteiger partial charge < -0.3 is 15.2 Å². The van der Waals surface area contributed by atoms with E-state index in [9.17, 15) is 14.4 Å². The van der Waals surface area contributed by atoms with Gasteiger partial charge in [-0.25, -0.2) is 9.59 Å². The highest BCUT2D eigenvalue weighted by Gasteiger charge is 2.04. The van der Waals surface area contributed by atoms with Crippen LogP contribution in [0.3, 0.4) is 0 Å². The van der Waals surface area contributed by atoms with E-state index in [0.29, 0.717) is 25.2 Å². The second-order valence-electron chi connectivity index (χ2n) is 4.21. The molecule has 0 aliphatic rings. The zero-order valence-electron chi connectivity index (χ0n) is 11.1. The zero-order chi connectivity index (χ0) is 14.7. The molecule has 0 saturated carbocycles. The fourth-order valence-electron chi connectivity index (χ4n) is 1.00. The third kappa shape index (κ3) is 12.4. The first-order valence-corrected chi connectivity index (χ1v) is 5.99. The van der Waals surface area contributed by atoms with Gasteiger partial charge in [0.25, 0.3) is 5.91 Å². The first-order valence-electron chi connectivity index (χ1n) is 5.99. The van der Waals surface area contributed by atoms with Crippen LogP contribution in [0.5, 0.6) is 0 Å². The Balaban J connectivity index is 3.59. The smallest absolute Gasteiger partial charge is 0.328 e. The molecule has 108 valence electrons. The van der Waals surface area contributed by atoms with Crippen molar-refractivity contribution in [1.29, 1.82) is 0 Å². The van der Waals surface area contributed by atoms with Crippen LogP contribution in [-0.4, -0.2) is 42.8 Å². The molecule has 3 N–H and O–H groups in total. The number of hydrogen-bond acceptors (Lipinski definition) is 4. The highest BCUT2D eigenvalue weighted by Crippen LogP contribution is 1.98. The van der Waals surface area contributed by atoms with Crippen molar-refractivity contribution in [2.24, 2.45) is 5.92 Å². The number of imide groups is 1. The number of rotatable bonds is 8. The third-order valence-electron chi connectivity index (χ3n) is 1.99. The van der Waals surface area contributed by atoms with Crippen LogP contribution in [0, 0.1) is 5.92 Å². The van der Waals surface area contributed by atoms with Crippen LogP contribution < -0.4 is 10.6 Å². The number of carboxylic acid groups (broad SMARTS) is 1. The van der Waals surface area contributed by atoms with Crippen molar-refractivity contribution in [2.45, 2.75) is 20.3 Å². The van der Waals surface area contributed by atoms with Crippen LogP contribution in [0.25, 0.3) is 0 Å². The fraction of sp³-hybridized carbons (Fsp3) is 0.583. The van der Waals surface area contributed by atoms with E-state index in [1.165, 1.54) is 0 Å². The number of carboxylic acids is 1. The van der Waals surface area contributed by atoms with E-state index in [1.54, 1.807) is 0 Å². The molecule has 19 heavy (non-hydrogen) atoms. The van der Waals surface area contributed by atoms with Crippen LogP contribution in [0.1, 0.15) is 20.3 Å². The maximum absolute atomic E-state index is 11.2. The molecule has 0 atom stereocenters. The van der Waals surface area contributed by atoms with Crippen molar-refractivity contribution in [3.8, 4) is 0 Å². The minimum atomic E-state index is -1.26. The summed E-state index contributed by atoms with van der Waals surface area (Å²) in [5, 5.41) is 12.6. The summed E-state index contributed by atoms with van der Waals surface area (Å²) in [6, 6.07) is -0.688. The van der Waals surface area contributed by atoms with Crippen molar-refractivity contribution in [1.82, 2.24) is 10.6 Å². The SMILES string of the molecule is CC(C)CCOCCNC(=O)NC(=O)C=CC(=O)O. The molecular formula is C12H20N2O5. The maximum Gasteiger partial charge on any atom is 0.328 e. The summed E-state index contributed by atoms with van der Waals surface area (Å²) in [6.45, 7) is 5.44. The molecule has 0 aromatic carbocycles. The monoisotopic (exact) mass is 272 g/mol. The predicted molar refractivity (Wildman–Crippen MR) is 68.6 cm³/mol. The number of urea groups is 1. The molecule has 0 rings (SSSR count). The molecule has 0 aromatic rings. The lowest BCUT2D eigenvalue weighted by molar-refractivity contribution is -0.131. The summed E-state index contributed by atoms with van der Waals surface area (Å²) in [5.41, 5.74) is 0. The molecule has 0 saturated heterocycles. The van der Waals surface area contributed by atoms with Crippen LogP contribution in [0.2, 0.25) is 0 Å². The molecule has 7 nitrogen and oxygen atoms in total. The lowest BCUT2D eigenvalue weighted by atomic mass is 10.1. The minimum Gasteiger partial charge on any atom is -0.478 e. The number of hydrogen-bond donors (Lipinski definition) is 3. The Morgan fingerprint density at radius 2 is 1.89 bits per heavy atom. The Labute approximate surface area is 112 Å². The molecule has 0 aromatic heterocycles. The zero-order valence-corrected chi connectivity index (χ0v) is 11.1. The van der Waals surface area contributed by atoms with Gasteiger partial charge in [0.05, 0.1) is 6.61 Å². The molecule has 3 amide bonds. The summed E-state index contributed by atoms with van der Waals surface area (Å²) >= 11 is 0. The number of nitrogens with one attached hydrogen (secondary N) is 2. The molecule has 0 fully saturated rings. The van der Waals surface area contributed by atoms with Gasteiger partial charge in [-0.15, -0.1) is 0 Å². The molecule has 7 heteroatoms. The van der Waals surface area contributed by atoms with Gasteiger partial charge in [0.1, 0.15) is 0 Å². The summed E-state index contributed by atoms with van der Waals surface area (Å²) in [5.74, 6) is -1.48. The average molecular weight is 272 g/mol. The molecular weight excluding hydrogens is 252 g/mol. The van der Waals surface area contributed by atoms with E-state index in [0.717, 1.165) is 12.5 Å². The Morgan fingerprint density at radius 1 is 1.21 bits per heavy atom. The van der Waals surface area contributed by atoms with Gasteiger partial charge in [-0.2, -0.15) is 0 Å². The molecule has 0 spiro atoms. The Bertz CT molecular complexity index is 339. The summed E-state index contributed by atoms with van der Waals surface area (Å²) < 4.78 is 5.26. The predicted octanol–water partition coefficient (Wildman–Crippen LogP) is 0.516. The number of aliphatic carboxylic acids is 1. The lowest BCUT2D eigenvalue weighted by Crippen LogP contribution is -2.40. The molecule has 0 unspecified atom stereocenters. The molecule has 0 aliphatic carbocycles. The standard InChI is InChI=1S/C12H20N2O5/c1-9(2)5-7-19-8-6-13-12(18)14-10(15)3-4-11(16)17/h3-4,9H,5-8H2,1-2H3,(H,16,17)(H2,13,14,15,18). The normalized spacial score (nSPS) is 10.7. The van der Waals surface area contributed by atoms with Gasteiger partial charge >= 0.3 is 12.0 Å². The first kappa shape index (κ1) is 17.1. The van der Waals surface area contributed by atoms with Crippen molar-refractivity contribution >= 4 is 17.9 Å². The largest absolute Gasteiger partial charge is 0.478 e. The number of carbonyl (C=O) groups is 3. The second kappa shape index (κ2) is 10.1. The van der Waals surface area contributed by atoms with Gasteiger partial charge in [-0.05, 0) is 12.3 Å².